The van der Waals surface area contributed by atoms with Crippen LogP contribution in [0, 0.1) is 0 Å². The van der Waals surface area contributed by atoms with Gasteiger partial charge in [-0.25, -0.2) is 8.42 Å². The number of carbonyl (C=O) groups excluding carboxylic acids is 1. The summed E-state index contributed by atoms with van der Waals surface area (Å²) in [5, 5.41) is 0. The Morgan fingerprint density at radius 1 is 1.00 bits per heavy atom. The van der Waals surface area contributed by atoms with Crippen molar-refractivity contribution >= 4 is 21.6 Å². The number of primary amides is 1. The molecule has 6 nitrogen and oxygen atoms in total. The van der Waals surface area contributed by atoms with Gasteiger partial charge in [-0.05, 0) is 42.0 Å². The second kappa shape index (κ2) is 7.67. The minimum atomic E-state index is -3.65. The van der Waals surface area contributed by atoms with Crippen LogP contribution in [-0.2, 0) is 16.6 Å². The van der Waals surface area contributed by atoms with Gasteiger partial charge in [-0.2, -0.15) is 4.31 Å². The fourth-order valence-corrected chi connectivity index (χ4v) is 3.85. The van der Waals surface area contributed by atoms with Gasteiger partial charge >= 0.3 is 0 Å². The van der Waals surface area contributed by atoms with Crippen molar-refractivity contribution in [2.24, 2.45) is 5.73 Å². The van der Waals surface area contributed by atoms with Crippen LogP contribution in [0.5, 0.6) is 0 Å². The number of amides is 1. The van der Waals surface area contributed by atoms with Gasteiger partial charge in [0.25, 0.3) is 0 Å². The van der Waals surface area contributed by atoms with E-state index in [1.807, 2.05) is 43.3 Å². The molecule has 0 unspecified atom stereocenters. The molecule has 0 aliphatic rings. The number of benzene rings is 2. The summed E-state index contributed by atoms with van der Waals surface area (Å²) in [5.41, 5.74) is 7.43. The molecule has 2 aromatic carbocycles. The molecule has 0 aliphatic heterocycles. The summed E-state index contributed by atoms with van der Waals surface area (Å²) in [6.07, 6.45) is 0. The zero-order chi connectivity index (χ0) is 18.6. The summed E-state index contributed by atoms with van der Waals surface area (Å²) in [6.45, 7) is 2.42. The largest absolute Gasteiger partial charge is 0.378 e. The fourth-order valence-electron chi connectivity index (χ4n) is 2.41. The number of sulfonamides is 1. The SMILES string of the molecule is CCN(Cc1ccc(N(C)C)cc1)S(=O)(=O)c1ccc(C(N)=O)cc1. The number of hydrogen-bond acceptors (Lipinski definition) is 4. The maximum atomic E-state index is 12.8. The third kappa shape index (κ3) is 4.37. The number of anilines is 1. The Labute approximate surface area is 148 Å². The predicted octanol–water partition coefficient (Wildman–Crippen LogP) is 2.06. The molecule has 0 spiro atoms. The van der Waals surface area contributed by atoms with Crippen LogP contribution in [0.2, 0.25) is 0 Å². The molecule has 0 saturated heterocycles. The summed E-state index contributed by atoms with van der Waals surface area (Å²) in [5.74, 6) is -0.586. The van der Waals surface area contributed by atoms with Crippen molar-refractivity contribution in [1.29, 1.82) is 0 Å². The first-order valence-electron chi connectivity index (χ1n) is 7.92. The van der Waals surface area contributed by atoms with Crippen LogP contribution < -0.4 is 10.6 Å². The van der Waals surface area contributed by atoms with Crippen LogP contribution in [0.1, 0.15) is 22.8 Å². The van der Waals surface area contributed by atoms with Crippen molar-refractivity contribution in [3.63, 3.8) is 0 Å². The van der Waals surface area contributed by atoms with Crippen molar-refractivity contribution in [2.45, 2.75) is 18.4 Å². The fraction of sp³-hybridized carbons (Fsp3) is 0.278. The standard InChI is InChI=1S/C18H23N3O3S/c1-4-21(13-14-5-9-16(10-6-14)20(2)3)25(23,24)17-11-7-15(8-12-17)18(19)22/h5-12H,4,13H2,1-3H3,(H2,19,22). The summed E-state index contributed by atoms with van der Waals surface area (Å²) >= 11 is 0. The molecule has 25 heavy (non-hydrogen) atoms. The Balaban J connectivity index is 2.24. The second-order valence-corrected chi connectivity index (χ2v) is 7.82. The van der Waals surface area contributed by atoms with Crippen LogP contribution in [0.25, 0.3) is 0 Å². The van der Waals surface area contributed by atoms with E-state index in [-0.39, 0.29) is 17.0 Å². The first kappa shape index (κ1) is 19.0. The molecule has 0 atom stereocenters. The van der Waals surface area contributed by atoms with Gasteiger partial charge in [0.2, 0.25) is 15.9 Å². The number of carbonyl (C=O) groups is 1. The van der Waals surface area contributed by atoms with Gasteiger partial charge < -0.3 is 10.6 Å². The average Bonchev–Trinajstić information content (AvgIpc) is 2.59. The Kier molecular flexibility index (Phi) is 5.81. The molecule has 0 fully saturated rings. The van der Waals surface area contributed by atoms with E-state index >= 15 is 0 Å². The van der Waals surface area contributed by atoms with Crippen LogP contribution in [0.4, 0.5) is 5.69 Å². The first-order chi connectivity index (χ1) is 11.8. The van der Waals surface area contributed by atoms with E-state index in [0.29, 0.717) is 6.54 Å². The molecule has 0 aromatic heterocycles. The summed E-state index contributed by atoms with van der Waals surface area (Å²) in [7, 11) is 0.256. The van der Waals surface area contributed by atoms with Crippen molar-refractivity contribution in [3.05, 3.63) is 59.7 Å². The lowest BCUT2D eigenvalue weighted by Gasteiger charge is -2.21. The molecule has 0 radical (unpaired) electrons. The van der Waals surface area contributed by atoms with Crippen LogP contribution in [0.15, 0.2) is 53.4 Å². The molecule has 134 valence electrons. The minimum absolute atomic E-state index is 0.143. The molecule has 0 saturated carbocycles. The van der Waals surface area contributed by atoms with E-state index in [1.54, 1.807) is 6.92 Å². The lowest BCUT2D eigenvalue weighted by atomic mass is 10.2. The second-order valence-electron chi connectivity index (χ2n) is 5.88. The third-order valence-electron chi connectivity index (χ3n) is 3.94. The normalized spacial score (nSPS) is 11.5. The van der Waals surface area contributed by atoms with Gasteiger partial charge in [-0.1, -0.05) is 19.1 Å². The number of hydrogen-bond donors (Lipinski definition) is 1. The Hall–Kier alpha value is -2.38. The van der Waals surface area contributed by atoms with Crippen LogP contribution in [0.3, 0.4) is 0 Å². The molecule has 0 heterocycles. The molecular formula is C18H23N3O3S. The van der Waals surface area contributed by atoms with Crippen molar-refractivity contribution in [2.75, 3.05) is 25.5 Å². The highest BCUT2D eigenvalue weighted by Gasteiger charge is 2.23. The molecule has 0 aliphatic carbocycles. The molecule has 7 heteroatoms. The van der Waals surface area contributed by atoms with Crippen molar-refractivity contribution in [3.8, 4) is 0 Å². The highest BCUT2D eigenvalue weighted by atomic mass is 32.2. The molecule has 2 rings (SSSR count). The molecule has 2 N–H and O–H groups in total. The lowest BCUT2D eigenvalue weighted by molar-refractivity contribution is 0.1000. The molecule has 0 bridgehead atoms. The van der Waals surface area contributed by atoms with Gasteiger partial charge in [-0.15, -0.1) is 0 Å². The molecule has 2 aromatic rings. The lowest BCUT2D eigenvalue weighted by Crippen LogP contribution is -2.30. The number of nitrogens with zero attached hydrogens (tertiary/aromatic N) is 2. The highest BCUT2D eigenvalue weighted by Crippen LogP contribution is 2.20. The number of rotatable bonds is 7. The summed E-state index contributed by atoms with van der Waals surface area (Å²) in [4.78, 5) is 13.3. The third-order valence-corrected chi connectivity index (χ3v) is 5.88. The predicted molar refractivity (Wildman–Crippen MR) is 99.0 cm³/mol. The van der Waals surface area contributed by atoms with Gasteiger partial charge in [-0.3, -0.25) is 4.79 Å². The van der Waals surface area contributed by atoms with E-state index in [1.165, 1.54) is 28.6 Å². The topological polar surface area (TPSA) is 83.7 Å². The Morgan fingerprint density at radius 3 is 2.00 bits per heavy atom. The van der Waals surface area contributed by atoms with Gasteiger partial charge in [0.05, 0.1) is 4.90 Å². The monoisotopic (exact) mass is 361 g/mol. The van der Waals surface area contributed by atoms with Gasteiger partial charge in [0.1, 0.15) is 0 Å². The summed E-state index contributed by atoms with van der Waals surface area (Å²) in [6, 6.07) is 13.4. The van der Waals surface area contributed by atoms with E-state index in [4.69, 9.17) is 5.73 Å². The van der Waals surface area contributed by atoms with Crippen LogP contribution >= 0.6 is 0 Å². The average molecular weight is 361 g/mol. The quantitative estimate of drug-likeness (QED) is 0.818. The van der Waals surface area contributed by atoms with E-state index in [9.17, 15) is 13.2 Å². The molecule has 1 amide bonds. The number of nitrogens with two attached hydrogens (primary N) is 1. The highest BCUT2D eigenvalue weighted by molar-refractivity contribution is 7.89. The van der Waals surface area contributed by atoms with E-state index < -0.39 is 15.9 Å². The van der Waals surface area contributed by atoms with Crippen LogP contribution in [-0.4, -0.2) is 39.3 Å². The molecular weight excluding hydrogens is 338 g/mol. The van der Waals surface area contributed by atoms with E-state index in [0.717, 1.165) is 11.3 Å². The summed E-state index contributed by atoms with van der Waals surface area (Å²) < 4.78 is 27.1. The van der Waals surface area contributed by atoms with Gasteiger partial charge in [0.15, 0.2) is 0 Å². The van der Waals surface area contributed by atoms with Gasteiger partial charge in [0, 0.05) is 38.4 Å². The maximum absolute atomic E-state index is 12.8. The zero-order valence-corrected chi connectivity index (χ0v) is 15.5. The maximum Gasteiger partial charge on any atom is 0.248 e. The first-order valence-corrected chi connectivity index (χ1v) is 9.36. The van der Waals surface area contributed by atoms with Crippen molar-refractivity contribution < 1.29 is 13.2 Å². The van der Waals surface area contributed by atoms with E-state index in [2.05, 4.69) is 0 Å². The zero-order valence-electron chi connectivity index (χ0n) is 14.6. The smallest absolute Gasteiger partial charge is 0.248 e. The minimum Gasteiger partial charge on any atom is -0.378 e. The Morgan fingerprint density at radius 2 is 1.56 bits per heavy atom. The van der Waals surface area contributed by atoms with Crippen molar-refractivity contribution in [1.82, 2.24) is 4.31 Å². The Bertz CT molecular complexity index is 829.